The Morgan fingerprint density at radius 3 is 3.06 bits per heavy atom. The highest BCUT2D eigenvalue weighted by molar-refractivity contribution is 8.00. The van der Waals surface area contributed by atoms with E-state index in [-0.39, 0.29) is 0 Å². The van der Waals surface area contributed by atoms with Gasteiger partial charge in [0, 0.05) is 11.3 Å². The van der Waals surface area contributed by atoms with Crippen LogP contribution in [0.1, 0.15) is 25.3 Å². The summed E-state index contributed by atoms with van der Waals surface area (Å²) in [5.41, 5.74) is 7.52. The van der Waals surface area contributed by atoms with Crippen LogP contribution in [0.25, 0.3) is 0 Å². The van der Waals surface area contributed by atoms with E-state index in [4.69, 9.17) is 5.73 Å². The second-order valence-electron chi connectivity index (χ2n) is 4.69. The molecular formula is C12H19N3S. The number of rotatable bonds is 3. The molecule has 4 heteroatoms. The van der Waals surface area contributed by atoms with Crippen LogP contribution in [0.15, 0.2) is 12.3 Å². The summed E-state index contributed by atoms with van der Waals surface area (Å²) in [5, 5.41) is 3.44. The summed E-state index contributed by atoms with van der Waals surface area (Å²) in [4.78, 5) is 4.32. The van der Waals surface area contributed by atoms with Gasteiger partial charge in [0.1, 0.15) is 5.82 Å². The Balaban J connectivity index is 1.99. The van der Waals surface area contributed by atoms with Gasteiger partial charge in [0.15, 0.2) is 0 Å². The Labute approximate surface area is 101 Å². The van der Waals surface area contributed by atoms with Crippen LogP contribution in [0.4, 0.5) is 11.5 Å². The number of nitrogens with two attached hydrogens (primary N) is 1. The zero-order chi connectivity index (χ0) is 11.6. The smallest absolute Gasteiger partial charge is 0.129 e. The van der Waals surface area contributed by atoms with Gasteiger partial charge in [-0.25, -0.2) is 4.98 Å². The van der Waals surface area contributed by atoms with E-state index in [9.17, 15) is 0 Å². The number of aromatic nitrogens is 1. The maximum absolute atomic E-state index is 5.68. The number of anilines is 2. The molecule has 3 nitrogen and oxygen atoms in total. The van der Waals surface area contributed by atoms with Gasteiger partial charge < -0.3 is 11.1 Å². The van der Waals surface area contributed by atoms with Gasteiger partial charge in [-0.05, 0) is 44.1 Å². The van der Waals surface area contributed by atoms with Crippen LogP contribution in [-0.4, -0.2) is 22.0 Å². The summed E-state index contributed by atoms with van der Waals surface area (Å²) in [6.45, 7) is 5.34. The number of aryl methyl sites for hydroxylation is 1. The lowest BCUT2D eigenvalue weighted by Crippen LogP contribution is -2.27. The highest BCUT2D eigenvalue weighted by Gasteiger charge is 2.29. The molecule has 1 atom stereocenters. The minimum Gasteiger partial charge on any atom is -0.397 e. The molecule has 1 unspecified atom stereocenters. The summed E-state index contributed by atoms with van der Waals surface area (Å²) in [7, 11) is 0. The minimum atomic E-state index is 0.371. The molecule has 0 aromatic carbocycles. The molecule has 1 aromatic heterocycles. The molecule has 1 aromatic rings. The summed E-state index contributed by atoms with van der Waals surface area (Å²) >= 11 is 2.06. The Morgan fingerprint density at radius 2 is 2.44 bits per heavy atom. The Kier molecular flexibility index (Phi) is 3.28. The average molecular weight is 237 g/mol. The third-order valence-corrected chi connectivity index (χ3v) is 4.57. The van der Waals surface area contributed by atoms with Gasteiger partial charge in [-0.1, -0.05) is 0 Å². The first-order chi connectivity index (χ1) is 7.59. The van der Waals surface area contributed by atoms with Gasteiger partial charge in [0.2, 0.25) is 0 Å². The number of nitrogen functional groups attached to an aromatic ring is 1. The van der Waals surface area contributed by atoms with Crippen molar-refractivity contribution < 1.29 is 0 Å². The second kappa shape index (κ2) is 4.53. The lowest BCUT2D eigenvalue weighted by atomic mass is 10.1. The molecule has 1 aliphatic rings. The fourth-order valence-electron chi connectivity index (χ4n) is 2.03. The number of nitrogens with one attached hydrogen (secondary N) is 1. The maximum Gasteiger partial charge on any atom is 0.129 e. The molecule has 0 aliphatic carbocycles. The second-order valence-corrected chi connectivity index (χ2v) is 6.37. The Hall–Kier alpha value is -0.900. The van der Waals surface area contributed by atoms with Crippen molar-refractivity contribution in [2.24, 2.45) is 0 Å². The third kappa shape index (κ3) is 2.61. The molecular weight excluding hydrogens is 218 g/mol. The van der Waals surface area contributed by atoms with Crippen molar-refractivity contribution in [1.82, 2.24) is 4.98 Å². The van der Waals surface area contributed by atoms with E-state index in [0.29, 0.717) is 4.75 Å². The molecule has 2 heterocycles. The van der Waals surface area contributed by atoms with Crippen molar-refractivity contribution in [3.05, 3.63) is 17.8 Å². The Bertz CT molecular complexity index is 373. The lowest BCUT2D eigenvalue weighted by molar-refractivity contribution is 0.633. The van der Waals surface area contributed by atoms with E-state index in [0.717, 1.165) is 23.6 Å². The molecule has 0 radical (unpaired) electrons. The van der Waals surface area contributed by atoms with E-state index in [1.165, 1.54) is 18.6 Å². The monoisotopic (exact) mass is 237 g/mol. The summed E-state index contributed by atoms with van der Waals surface area (Å²) < 4.78 is 0.371. The van der Waals surface area contributed by atoms with Crippen LogP contribution in [0.3, 0.4) is 0 Å². The fourth-order valence-corrected chi connectivity index (χ4v) is 3.27. The van der Waals surface area contributed by atoms with Crippen LogP contribution in [-0.2, 0) is 0 Å². The van der Waals surface area contributed by atoms with Crippen LogP contribution in [0, 0.1) is 6.92 Å². The van der Waals surface area contributed by atoms with Gasteiger partial charge in [0.25, 0.3) is 0 Å². The van der Waals surface area contributed by atoms with Crippen molar-refractivity contribution in [3.63, 3.8) is 0 Å². The molecule has 1 fully saturated rings. The van der Waals surface area contributed by atoms with Gasteiger partial charge in [-0.2, -0.15) is 11.8 Å². The first kappa shape index (κ1) is 11.6. The molecule has 3 N–H and O–H groups in total. The third-order valence-electron chi connectivity index (χ3n) is 3.03. The number of pyridine rings is 1. The molecule has 0 bridgehead atoms. The number of nitrogens with zero attached hydrogens (tertiary/aromatic N) is 1. The first-order valence-corrected chi connectivity index (χ1v) is 6.68. The van der Waals surface area contributed by atoms with E-state index in [2.05, 4.69) is 29.0 Å². The zero-order valence-corrected chi connectivity index (χ0v) is 10.7. The number of thioether (sulfide) groups is 1. The number of hydrogen-bond donors (Lipinski definition) is 2. The van der Waals surface area contributed by atoms with Gasteiger partial charge in [0.05, 0.1) is 11.9 Å². The van der Waals surface area contributed by atoms with Crippen molar-refractivity contribution in [2.75, 3.05) is 23.3 Å². The standard InChI is InChI=1S/C12H19N3S/c1-9-6-10(13)7-14-11(9)15-8-12(2)4-3-5-16-12/h6-7H,3-5,8,13H2,1-2H3,(H,14,15). The largest absolute Gasteiger partial charge is 0.397 e. The summed E-state index contributed by atoms with van der Waals surface area (Å²) in [6, 6.07) is 1.96. The van der Waals surface area contributed by atoms with Crippen LogP contribution < -0.4 is 11.1 Å². The van der Waals surface area contributed by atoms with Gasteiger partial charge in [-0.3, -0.25) is 0 Å². The highest BCUT2D eigenvalue weighted by atomic mass is 32.2. The minimum absolute atomic E-state index is 0.371. The van der Waals surface area contributed by atoms with Crippen LogP contribution >= 0.6 is 11.8 Å². The molecule has 1 saturated heterocycles. The van der Waals surface area contributed by atoms with E-state index >= 15 is 0 Å². The van der Waals surface area contributed by atoms with E-state index in [1.807, 2.05) is 13.0 Å². The lowest BCUT2D eigenvalue weighted by Gasteiger charge is -2.23. The van der Waals surface area contributed by atoms with Gasteiger partial charge >= 0.3 is 0 Å². The SMILES string of the molecule is Cc1cc(N)cnc1NCC1(C)CCCS1. The van der Waals surface area contributed by atoms with Crippen molar-refractivity contribution >= 4 is 23.3 Å². The van der Waals surface area contributed by atoms with Crippen molar-refractivity contribution in [3.8, 4) is 0 Å². The quantitative estimate of drug-likeness (QED) is 0.848. The van der Waals surface area contributed by atoms with Crippen LogP contribution in [0.5, 0.6) is 0 Å². The molecule has 0 saturated carbocycles. The molecule has 0 spiro atoms. The van der Waals surface area contributed by atoms with Crippen LogP contribution in [0.2, 0.25) is 0 Å². The predicted molar refractivity (Wildman–Crippen MR) is 72.0 cm³/mol. The molecule has 1 aliphatic heterocycles. The molecule has 16 heavy (non-hydrogen) atoms. The molecule has 2 rings (SSSR count). The predicted octanol–water partition coefficient (Wildman–Crippen LogP) is 2.67. The summed E-state index contributed by atoms with van der Waals surface area (Å²) in [5.74, 6) is 2.25. The molecule has 0 amide bonds. The van der Waals surface area contributed by atoms with E-state index < -0.39 is 0 Å². The van der Waals surface area contributed by atoms with Gasteiger partial charge in [-0.15, -0.1) is 0 Å². The fraction of sp³-hybridized carbons (Fsp3) is 0.583. The van der Waals surface area contributed by atoms with Crippen molar-refractivity contribution in [1.29, 1.82) is 0 Å². The zero-order valence-electron chi connectivity index (χ0n) is 9.92. The average Bonchev–Trinajstić information content (AvgIpc) is 2.64. The normalized spacial score (nSPS) is 24.6. The molecule has 88 valence electrons. The van der Waals surface area contributed by atoms with Crippen molar-refractivity contribution in [2.45, 2.75) is 31.4 Å². The first-order valence-electron chi connectivity index (χ1n) is 5.69. The van der Waals surface area contributed by atoms with E-state index in [1.54, 1.807) is 6.20 Å². The number of hydrogen-bond acceptors (Lipinski definition) is 4. The highest BCUT2D eigenvalue weighted by Crippen LogP contribution is 2.37. The Morgan fingerprint density at radius 1 is 1.62 bits per heavy atom. The topological polar surface area (TPSA) is 50.9 Å². The maximum atomic E-state index is 5.68. The summed E-state index contributed by atoms with van der Waals surface area (Å²) in [6.07, 6.45) is 4.33.